The molecule has 1 aromatic carbocycles. The lowest BCUT2D eigenvalue weighted by molar-refractivity contribution is 0.479. The van der Waals surface area contributed by atoms with Crippen molar-refractivity contribution in [1.82, 2.24) is 0 Å². The number of nitrogens with one attached hydrogen (secondary N) is 1. The molecule has 0 aliphatic carbocycles. The predicted molar refractivity (Wildman–Crippen MR) is 78.6 cm³/mol. The number of halogens is 2. The maximum atomic E-state index is 12.3. The Labute approximate surface area is 126 Å². The molecule has 0 aliphatic rings. The summed E-state index contributed by atoms with van der Waals surface area (Å²) in [5.41, 5.74) is 5.63. The van der Waals surface area contributed by atoms with Crippen LogP contribution >= 0.6 is 23.2 Å². The van der Waals surface area contributed by atoms with Crippen LogP contribution in [0.25, 0.3) is 0 Å². The topological polar surface area (TPSA) is 85.3 Å². The fourth-order valence-corrected chi connectivity index (χ4v) is 3.35. The van der Waals surface area contributed by atoms with Crippen molar-refractivity contribution < 1.29 is 12.8 Å². The minimum Gasteiger partial charge on any atom is -0.464 e. The molecule has 20 heavy (non-hydrogen) atoms. The fraction of sp³-hybridized carbons (Fsp3) is 0.167. The molecule has 0 unspecified atom stereocenters. The third kappa shape index (κ3) is 2.93. The number of hydrogen-bond donors (Lipinski definition) is 2. The van der Waals surface area contributed by atoms with Crippen LogP contribution < -0.4 is 10.5 Å². The van der Waals surface area contributed by atoms with Gasteiger partial charge in [0, 0.05) is 6.07 Å². The van der Waals surface area contributed by atoms with E-state index >= 15 is 0 Å². The van der Waals surface area contributed by atoms with Gasteiger partial charge < -0.3 is 10.2 Å². The van der Waals surface area contributed by atoms with Gasteiger partial charge in [0.25, 0.3) is 10.0 Å². The zero-order valence-electron chi connectivity index (χ0n) is 10.5. The summed E-state index contributed by atoms with van der Waals surface area (Å²) in [4.78, 5) is 0.0222. The molecule has 0 bridgehead atoms. The molecule has 108 valence electrons. The lowest BCUT2D eigenvalue weighted by Crippen LogP contribution is -2.13. The molecule has 5 nitrogen and oxygen atoms in total. The highest BCUT2D eigenvalue weighted by Crippen LogP contribution is 2.32. The lowest BCUT2D eigenvalue weighted by atomic mass is 10.3. The Morgan fingerprint density at radius 3 is 2.65 bits per heavy atom. The van der Waals surface area contributed by atoms with Crippen LogP contribution in [-0.2, 0) is 16.6 Å². The zero-order chi connectivity index (χ0) is 14.9. The van der Waals surface area contributed by atoms with Crippen LogP contribution in [0.2, 0.25) is 10.0 Å². The van der Waals surface area contributed by atoms with E-state index in [1.807, 2.05) is 0 Å². The van der Waals surface area contributed by atoms with Crippen LogP contribution in [0.5, 0.6) is 0 Å². The van der Waals surface area contributed by atoms with E-state index in [4.69, 9.17) is 33.4 Å². The monoisotopic (exact) mass is 334 g/mol. The van der Waals surface area contributed by atoms with Gasteiger partial charge in [-0.1, -0.05) is 29.3 Å². The molecule has 2 rings (SSSR count). The molecule has 0 aliphatic heterocycles. The number of hydrogen-bond acceptors (Lipinski definition) is 4. The van der Waals surface area contributed by atoms with Gasteiger partial charge >= 0.3 is 0 Å². The second kappa shape index (κ2) is 5.65. The maximum absolute atomic E-state index is 12.3. The Balaban J connectivity index is 2.40. The smallest absolute Gasteiger partial charge is 0.265 e. The molecule has 2 aromatic rings. The highest BCUT2D eigenvalue weighted by Gasteiger charge is 2.22. The van der Waals surface area contributed by atoms with E-state index in [0.717, 1.165) is 0 Å². The van der Waals surface area contributed by atoms with Gasteiger partial charge in [0.05, 0.1) is 22.3 Å². The molecule has 8 heteroatoms. The first-order chi connectivity index (χ1) is 9.35. The van der Waals surface area contributed by atoms with Gasteiger partial charge in [-0.05, 0) is 19.1 Å². The summed E-state index contributed by atoms with van der Waals surface area (Å²) in [7, 11) is -3.81. The van der Waals surface area contributed by atoms with Gasteiger partial charge in [-0.15, -0.1) is 0 Å². The van der Waals surface area contributed by atoms with Gasteiger partial charge in [0.1, 0.15) is 16.4 Å². The minimum absolute atomic E-state index is 0.0222. The van der Waals surface area contributed by atoms with Crippen molar-refractivity contribution in [3.63, 3.8) is 0 Å². The first kappa shape index (κ1) is 15.2. The third-order valence-electron chi connectivity index (χ3n) is 2.61. The quantitative estimate of drug-likeness (QED) is 0.899. The fourth-order valence-electron chi connectivity index (χ4n) is 1.67. The molecule has 1 heterocycles. The molecule has 0 amide bonds. The Morgan fingerprint density at radius 2 is 2.05 bits per heavy atom. The van der Waals surface area contributed by atoms with E-state index in [1.165, 1.54) is 12.1 Å². The van der Waals surface area contributed by atoms with E-state index in [9.17, 15) is 8.42 Å². The normalized spacial score (nSPS) is 11.6. The average Bonchev–Trinajstić information content (AvgIpc) is 2.77. The minimum atomic E-state index is -3.81. The van der Waals surface area contributed by atoms with Crippen molar-refractivity contribution in [1.29, 1.82) is 0 Å². The van der Waals surface area contributed by atoms with Crippen molar-refractivity contribution in [3.8, 4) is 0 Å². The molecule has 0 spiro atoms. The standard InChI is InChI=1S/C12H12Cl2N2O3S/c1-7-11(5-8(6-15)19-7)20(17,18)16-10-4-2-3-9(13)12(10)14/h2-5,16H,6,15H2,1H3. The van der Waals surface area contributed by atoms with Gasteiger partial charge in [-0.25, -0.2) is 8.42 Å². The van der Waals surface area contributed by atoms with E-state index in [0.29, 0.717) is 5.76 Å². The van der Waals surface area contributed by atoms with Gasteiger partial charge in [-0.2, -0.15) is 0 Å². The van der Waals surface area contributed by atoms with Crippen molar-refractivity contribution in [2.45, 2.75) is 18.4 Å². The van der Waals surface area contributed by atoms with Crippen LogP contribution in [0.15, 0.2) is 33.6 Å². The number of furan rings is 1. The van der Waals surface area contributed by atoms with Crippen molar-refractivity contribution in [2.75, 3.05) is 4.72 Å². The number of nitrogens with two attached hydrogens (primary N) is 1. The molecule has 0 radical (unpaired) electrons. The summed E-state index contributed by atoms with van der Waals surface area (Å²) in [5, 5.41) is 0.399. The Morgan fingerprint density at radius 1 is 1.35 bits per heavy atom. The average molecular weight is 335 g/mol. The second-order valence-electron chi connectivity index (χ2n) is 4.04. The van der Waals surface area contributed by atoms with E-state index < -0.39 is 10.0 Å². The molecular weight excluding hydrogens is 323 g/mol. The SMILES string of the molecule is Cc1oc(CN)cc1S(=O)(=O)Nc1cccc(Cl)c1Cl. The van der Waals surface area contributed by atoms with Crippen LogP contribution in [0, 0.1) is 6.92 Å². The van der Waals surface area contributed by atoms with Crippen LogP contribution in [0.4, 0.5) is 5.69 Å². The predicted octanol–water partition coefficient (Wildman–Crippen LogP) is 3.15. The number of aryl methyl sites for hydroxylation is 1. The Kier molecular flexibility index (Phi) is 4.29. The van der Waals surface area contributed by atoms with Crippen molar-refractivity contribution in [2.24, 2.45) is 5.73 Å². The first-order valence-electron chi connectivity index (χ1n) is 5.61. The second-order valence-corrected chi connectivity index (χ2v) is 6.48. The largest absolute Gasteiger partial charge is 0.464 e. The summed E-state index contributed by atoms with van der Waals surface area (Å²) >= 11 is 11.8. The molecular formula is C12H12Cl2N2O3S. The first-order valence-corrected chi connectivity index (χ1v) is 7.85. The summed E-state index contributed by atoms with van der Waals surface area (Å²) in [6, 6.07) is 6.07. The van der Waals surface area contributed by atoms with Crippen LogP contribution in [0.1, 0.15) is 11.5 Å². The lowest BCUT2D eigenvalue weighted by Gasteiger charge is -2.09. The molecule has 0 atom stereocenters. The van der Waals surface area contributed by atoms with Gasteiger partial charge in [0.2, 0.25) is 0 Å². The summed E-state index contributed by atoms with van der Waals surface area (Å²) < 4.78 is 32.2. The summed E-state index contributed by atoms with van der Waals surface area (Å²) in [6.45, 7) is 1.67. The number of rotatable bonds is 4. The van der Waals surface area contributed by atoms with Crippen LogP contribution in [-0.4, -0.2) is 8.42 Å². The zero-order valence-corrected chi connectivity index (χ0v) is 12.8. The van der Waals surface area contributed by atoms with E-state index in [2.05, 4.69) is 4.72 Å². The van der Waals surface area contributed by atoms with Gasteiger partial charge in [0.15, 0.2) is 0 Å². The number of sulfonamides is 1. The Hall–Kier alpha value is -1.21. The van der Waals surface area contributed by atoms with Crippen molar-refractivity contribution in [3.05, 3.63) is 45.8 Å². The Bertz CT molecular complexity index is 741. The highest BCUT2D eigenvalue weighted by molar-refractivity contribution is 7.92. The third-order valence-corrected chi connectivity index (χ3v) is 4.90. The molecule has 0 saturated heterocycles. The maximum Gasteiger partial charge on any atom is 0.265 e. The summed E-state index contributed by atoms with van der Waals surface area (Å²) in [5.74, 6) is 0.649. The number of benzene rings is 1. The van der Waals surface area contributed by atoms with Gasteiger partial charge in [-0.3, -0.25) is 4.72 Å². The van der Waals surface area contributed by atoms with Crippen molar-refractivity contribution >= 4 is 38.9 Å². The van der Waals surface area contributed by atoms with E-state index in [1.54, 1.807) is 19.1 Å². The van der Waals surface area contributed by atoms with Crippen LogP contribution in [0.3, 0.4) is 0 Å². The number of anilines is 1. The van der Waals surface area contributed by atoms with E-state index in [-0.39, 0.29) is 32.9 Å². The molecule has 0 fully saturated rings. The highest BCUT2D eigenvalue weighted by atomic mass is 35.5. The molecule has 1 aromatic heterocycles. The molecule has 3 N–H and O–H groups in total. The molecule has 0 saturated carbocycles. The summed E-state index contributed by atoms with van der Waals surface area (Å²) in [6.07, 6.45) is 0.